The summed E-state index contributed by atoms with van der Waals surface area (Å²) in [5.41, 5.74) is 3.90. The lowest BCUT2D eigenvalue weighted by atomic mass is 9.97. The second-order valence-electron chi connectivity index (χ2n) is 5.54. The van der Waals surface area contributed by atoms with Crippen molar-refractivity contribution in [2.45, 2.75) is 6.92 Å². The molecule has 3 aromatic carbocycles. The fourth-order valence-corrected chi connectivity index (χ4v) is 2.79. The molecule has 0 saturated carbocycles. The summed E-state index contributed by atoms with van der Waals surface area (Å²) in [4.78, 5) is 0. The molecule has 0 atom stereocenters. The summed E-state index contributed by atoms with van der Waals surface area (Å²) in [7, 11) is 0. The number of benzene rings is 3. The van der Waals surface area contributed by atoms with Crippen LogP contribution in [0.4, 0.5) is 5.95 Å². The Morgan fingerprint density at radius 1 is 1.00 bits per heavy atom. The SMILES string of the molecule is Cc1nnc(NN=Cc2c3ccccc3cc3ccccc23)n1N. The average Bonchev–Trinajstić information content (AvgIpc) is 2.93. The van der Waals surface area contributed by atoms with Gasteiger partial charge in [0.15, 0.2) is 5.82 Å². The molecule has 3 N–H and O–H groups in total. The fourth-order valence-electron chi connectivity index (χ4n) is 2.79. The Labute approximate surface area is 138 Å². The van der Waals surface area contributed by atoms with Crippen molar-refractivity contribution in [1.82, 2.24) is 14.9 Å². The summed E-state index contributed by atoms with van der Waals surface area (Å²) in [6.07, 6.45) is 1.80. The number of nitrogen functional groups attached to an aromatic ring is 1. The first-order chi connectivity index (χ1) is 11.7. The van der Waals surface area contributed by atoms with E-state index in [1.54, 1.807) is 13.1 Å². The summed E-state index contributed by atoms with van der Waals surface area (Å²) < 4.78 is 1.36. The highest BCUT2D eigenvalue weighted by atomic mass is 15.5. The second kappa shape index (κ2) is 5.66. The molecule has 0 bridgehead atoms. The average molecular weight is 316 g/mol. The van der Waals surface area contributed by atoms with E-state index >= 15 is 0 Å². The first-order valence-corrected chi connectivity index (χ1v) is 7.61. The largest absolute Gasteiger partial charge is 0.335 e. The van der Waals surface area contributed by atoms with Crippen molar-refractivity contribution in [3.63, 3.8) is 0 Å². The Balaban J connectivity index is 1.81. The van der Waals surface area contributed by atoms with E-state index in [4.69, 9.17) is 5.84 Å². The molecule has 118 valence electrons. The van der Waals surface area contributed by atoms with Crippen LogP contribution < -0.4 is 11.3 Å². The van der Waals surface area contributed by atoms with E-state index in [-0.39, 0.29) is 0 Å². The van der Waals surface area contributed by atoms with Crippen molar-refractivity contribution in [3.05, 3.63) is 66.0 Å². The third-order valence-electron chi connectivity index (χ3n) is 4.04. The van der Waals surface area contributed by atoms with Crippen molar-refractivity contribution >= 4 is 33.7 Å². The van der Waals surface area contributed by atoms with Gasteiger partial charge in [0.1, 0.15) is 0 Å². The molecule has 0 spiro atoms. The third-order valence-corrected chi connectivity index (χ3v) is 4.04. The van der Waals surface area contributed by atoms with Crippen LogP contribution in [0.3, 0.4) is 0 Å². The predicted molar refractivity (Wildman–Crippen MR) is 97.6 cm³/mol. The molecular formula is C18H16N6. The minimum atomic E-state index is 0.397. The number of nitrogens with one attached hydrogen (secondary N) is 1. The normalized spacial score (nSPS) is 11.5. The molecule has 24 heavy (non-hydrogen) atoms. The first-order valence-electron chi connectivity index (χ1n) is 7.61. The molecule has 6 heteroatoms. The molecule has 6 nitrogen and oxygen atoms in total. The molecule has 4 rings (SSSR count). The van der Waals surface area contributed by atoms with Crippen LogP contribution in [0.5, 0.6) is 0 Å². The molecule has 0 fully saturated rings. The van der Waals surface area contributed by atoms with Crippen LogP contribution in [-0.4, -0.2) is 21.1 Å². The topological polar surface area (TPSA) is 81.1 Å². The Morgan fingerprint density at radius 2 is 1.62 bits per heavy atom. The van der Waals surface area contributed by atoms with Crippen molar-refractivity contribution in [1.29, 1.82) is 0 Å². The number of fused-ring (bicyclic) bond motifs is 2. The van der Waals surface area contributed by atoms with Crippen molar-refractivity contribution in [3.8, 4) is 0 Å². The van der Waals surface area contributed by atoms with Gasteiger partial charge in [0.25, 0.3) is 5.95 Å². The van der Waals surface area contributed by atoms with Gasteiger partial charge in [0, 0.05) is 5.56 Å². The molecule has 1 heterocycles. The Morgan fingerprint density at radius 3 is 2.21 bits per heavy atom. The molecule has 0 aliphatic rings. The number of hydrogen-bond donors (Lipinski definition) is 2. The number of aromatic nitrogens is 3. The zero-order chi connectivity index (χ0) is 16.5. The maximum absolute atomic E-state index is 5.82. The molecule has 0 saturated heterocycles. The molecular weight excluding hydrogens is 300 g/mol. The number of anilines is 1. The van der Waals surface area contributed by atoms with Gasteiger partial charge >= 0.3 is 0 Å². The van der Waals surface area contributed by atoms with Gasteiger partial charge in [-0.2, -0.15) is 5.10 Å². The number of rotatable bonds is 3. The van der Waals surface area contributed by atoms with E-state index in [1.807, 2.05) is 24.3 Å². The first kappa shape index (κ1) is 14.2. The van der Waals surface area contributed by atoms with Crippen molar-refractivity contribution < 1.29 is 0 Å². The lowest BCUT2D eigenvalue weighted by Gasteiger charge is -2.08. The van der Waals surface area contributed by atoms with Crippen LogP contribution >= 0.6 is 0 Å². The molecule has 0 amide bonds. The Bertz CT molecular complexity index is 1010. The lowest BCUT2D eigenvalue weighted by molar-refractivity contribution is 0.926. The molecule has 4 aromatic rings. The molecule has 1 aromatic heterocycles. The van der Waals surface area contributed by atoms with Gasteiger partial charge in [-0.15, -0.1) is 10.2 Å². The number of nitrogens with two attached hydrogens (primary N) is 1. The van der Waals surface area contributed by atoms with E-state index in [0.29, 0.717) is 11.8 Å². The van der Waals surface area contributed by atoms with Gasteiger partial charge in [-0.3, -0.25) is 0 Å². The van der Waals surface area contributed by atoms with E-state index in [9.17, 15) is 0 Å². The highest BCUT2D eigenvalue weighted by Gasteiger charge is 2.06. The maximum atomic E-state index is 5.82. The van der Waals surface area contributed by atoms with Crippen molar-refractivity contribution in [2.75, 3.05) is 11.3 Å². The van der Waals surface area contributed by atoms with E-state index in [2.05, 4.69) is 51.1 Å². The van der Waals surface area contributed by atoms with Gasteiger partial charge in [0.05, 0.1) is 6.21 Å². The molecule has 0 aliphatic heterocycles. The maximum Gasteiger partial charge on any atom is 0.263 e. The van der Waals surface area contributed by atoms with E-state index in [1.165, 1.54) is 15.4 Å². The number of nitrogens with zero attached hydrogens (tertiary/aromatic N) is 4. The summed E-state index contributed by atoms with van der Waals surface area (Å²) >= 11 is 0. The molecule has 0 unspecified atom stereocenters. The van der Waals surface area contributed by atoms with Crippen LogP contribution in [0.2, 0.25) is 0 Å². The summed E-state index contributed by atoms with van der Waals surface area (Å²) in [6, 6.07) is 18.7. The van der Waals surface area contributed by atoms with E-state index < -0.39 is 0 Å². The predicted octanol–water partition coefficient (Wildman–Crippen LogP) is 3.05. The highest BCUT2D eigenvalue weighted by Crippen LogP contribution is 2.27. The number of hydrazone groups is 1. The van der Waals surface area contributed by atoms with Crippen LogP contribution in [-0.2, 0) is 0 Å². The minimum absolute atomic E-state index is 0.397. The highest BCUT2D eigenvalue weighted by molar-refractivity contribution is 6.13. The fraction of sp³-hybridized carbons (Fsp3) is 0.0556. The van der Waals surface area contributed by atoms with Crippen LogP contribution in [0.15, 0.2) is 59.7 Å². The van der Waals surface area contributed by atoms with Gasteiger partial charge in [-0.1, -0.05) is 48.5 Å². The van der Waals surface area contributed by atoms with Gasteiger partial charge in [-0.05, 0) is 34.5 Å². The van der Waals surface area contributed by atoms with E-state index in [0.717, 1.165) is 16.3 Å². The monoisotopic (exact) mass is 316 g/mol. The van der Waals surface area contributed by atoms with Gasteiger partial charge in [-0.25, -0.2) is 10.1 Å². The van der Waals surface area contributed by atoms with Crippen LogP contribution in [0, 0.1) is 6.92 Å². The van der Waals surface area contributed by atoms with Gasteiger partial charge in [0.2, 0.25) is 0 Å². The molecule has 0 radical (unpaired) electrons. The van der Waals surface area contributed by atoms with Crippen LogP contribution in [0.1, 0.15) is 11.4 Å². The van der Waals surface area contributed by atoms with Crippen LogP contribution in [0.25, 0.3) is 21.5 Å². The number of aryl methyl sites for hydroxylation is 1. The Kier molecular flexibility index (Phi) is 3.35. The minimum Gasteiger partial charge on any atom is -0.335 e. The summed E-state index contributed by atoms with van der Waals surface area (Å²) in [5.74, 6) is 6.83. The van der Waals surface area contributed by atoms with Gasteiger partial charge < -0.3 is 5.84 Å². The lowest BCUT2D eigenvalue weighted by Crippen LogP contribution is -2.13. The zero-order valence-corrected chi connectivity index (χ0v) is 13.1. The quantitative estimate of drug-likeness (QED) is 0.263. The summed E-state index contributed by atoms with van der Waals surface area (Å²) in [6.45, 7) is 1.78. The standard InChI is InChI=1S/C18H16N6/c1-12-21-23-18(24(12)19)22-20-11-17-15-8-4-2-6-13(15)10-14-7-3-5-9-16(14)17/h2-11H,19H2,1H3,(H,22,23). The molecule has 0 aliphatic carbocycles. The Hall–Kier alpha value is -3.41. The third kappa shape index (κ3) is 2.34. The van der Waals surface area contributed by atoms with Crippen molar-refractivity contribution in [2.24, 2.45) is 5.10 Å². The smallest absolute Gasteiger partial charge is 0.263 e. The summed E-state index contributed by atoms with van der Waals surface area (Å²) in [5, 5.41) is 16.8. The number of hydrogen-bond acceptors (Lipinski definition) is 5. The zero-order valence-electron chi connectivity index (χ0n) is 13.1. The second-order valence-corrected chi connectivity index (χ2v) is 5.54.